The molecular weight excluding hydrogens is 334 g/mol. The Balaban J connectivity index is 1.87. The van der Waals surface area contributed by atoms with Crippen LogP contribution in [0.1, 0.15) is 9.75 Å². The Morgan fingerprint density at radius 2 is 1.96 bits per heavy atom. The molecule has 0 fully saturated rings. The number of tetrazole rings is 1. The van der Waals surface area contributed by atoms with Gasteiger partial charge in [-0.05, 0) is 36.4 Å². The molecule has 4 aromatic heterocycles. The number of para-hydroxylation sites is 1. The van der Waals surface area contributed by atoms with E-state index in [2.05, 4.69) is 51.6 Å². The van der Waals surface area contributed by atoms with Crippen LogP contribution in [0.5, 0.6) is 0 Å². The predicted octanol–water partition coefficient (Wildman–Crippen LogP) is 3.41. The van der Waals surface area contributed by atoms with E-state index in [1.807, 2.05) is 24.4 Å². The van der Waals surface area contributed by atoms with Crippen LogP contribution in [0.4, 0.5) is 0 Å². The van der Waals surface area contributed by atoms with Gasteiger partial charge in [-0.15, -0.1) is 16.4 Å². The first kappa shape index (κ1) is 14.2. The monoisotopic (exact) mass is 347 g/mol. The molecule has 1 N–H and O–H groups in total. The Bertz CT molecular complexity index is 1230. The fraction of sp³-hybridized carbons (Fsp3) is 0.118. The molecule has 122 valence electrons. The zero-order valence-corrected chi connectivity index (χ0v) is 14.4. The summed E-state index contributed by atoms with van der Waals surface area (Å²) in [5.41, 5.74) is 4.67. The van der Waals surface area contributed by atoms with Crippen molar-refractivity contribution in [3.8, 4) is 22.5 Å². The smallest absolute Gasteiger partial charge is 0.291 e. The molecular formula is C17H13N7S. The third-order valence-corrected chi connectivity index (χ3v) is 5.17. The molecule has 0 aliphatic rings. The van der Waals surface area contributed by atoms with Crippen molar-refractivity contribution < 1.29 is 0 Å². The van der Waals surface area contributed by atoms with E-state index in [4.69, 9.17) is 4.98 Å². The van der Waals surface area contributed by atoms with Gasteiger partial charge in [-0.2, -0.15) is 0 Å². The maximum Gasteiger partial charge on any atom is 0.291 e. The first-order valence-electron chi connectivity index (χ1n) is 7.81. The van der Waals surface area contributed by atoms with E-state index in [9.17, 15) is 0 Å². The van der Waals surface area contributed by atoms with Crippen molar-refractivity contribution in [1.82, 2.24) is 35.2 Å². The summed E-state index contributed by atoms with van der Waals surface area (Å²) < 4.78 is 1.37. The number of aromatic amines is 1. The molecule has 0 atom stereocenters. The molecule has 0 saturated carbocycles. The number of fused-ring (bicyclic) bond motifs is 2. The maximum atomic E-state index is 4.70. The normalized spacial score (nSPS) is 11.6. The lowest BCUT2D eigenvalue weighted by Gasteiger charge is -2.07. The molecule has 0 saturated heterocycles. The summed E-state index contributed by atoms with van der Waals surface area (Å²) in [6, 6.07) is 10.3. The second-order valence-electron chi connectivity index (χ2n) is 5.85. The minimum Gasteiger partial charge on any atom is -0.360 e. The number of aromatic nitrogens is 7. The fourth-order valence-corrected chi connectivity index (χ4v) is 4.03. The molecule has 4 heterocycles. The van der Waals surface area contributed by atoms with E-state index in [1.165, 1.54) is 14.4 Å². The van der Waals surface area contributed by atoms with Gasteiger partial charge in [0.2, 0.25) is 0 Å². The van der Waals surface area contributed by atoms with Crippen LogP contribution in [0.3, 0.4) is 0 Å². The topological polar surface area (TPSA) is 84.7 Å². The van der Waals surface area contributed by atoms with Crippen molar-refractivity contribution in [3.63, 3.8) is 0 Å². The van der Waals surface area contributed by atoms with Gasteiger partial charge in [-0.1, -0.05) is 27.9 Å². The highest BCUT2D eigenvalue weighted by atomic mass is 32.1. The number of nitrogens with zero attached hydrogens (tertiary/aromatic N) is 6. The molecule has 0 spiro atoms. The van der Waals surface area contributed by atoms with E-state index >= 15 is 0 Å². The molecule has 0 bridgehead atoms. The van der Waals surface area contributed by atoms with Crippen LogP contribution < -0.4 is 0 Å². The zero-order chi connectivity index (χ0) is 17.0. The van der Waals surface area contributed by atoms with E-state index in [1.54, 1.807) is 11.3 Å². The highest BCUT2D eigenvalue weighted by Crippen LogP contribution is 2.37. The summed E-state index contributed by atoms with van der Waals surface area (Å²) in [5.74, 6) is 0.391. The molecule has 1 aromatic carbocycles. The number of hydrogen-bond acceptors (Lipinski definition) is 6. The van der Waals surface area contributed by atoms with Gasteiger partial charge in [0.15, 0.2) is 0 Å². The highest BCUT2D eigenvalue weighted by molar-refractivity contribution is 7.12. The second-order valence-corrected chi connectivity index (χ2v) is 7.31. The Hall–Kier alpha value is -3.13. The molecule has 0 aliphatic heterocycles. The van der Waals surface area contributed by atoms with E-state index in [0.29, 0.717) is 5.78 Å². The summed E-state index contributed by atoms with van der Waals surface area (Å²) in [6.45, 7) is 4.19. The standard InChI is InChI=1S/C17H13N7S/c1-9-7-12(10(2)25-9)15-16(21-24-17(19-15)20-22-23-24)13-8-18-14-6-4-3-5-11(13)14/h3-8,18H,1-2H3. The Labute approximate surface area is 146 Å². The second kappa shape index (κ2) is 5.18. The number of H-pyrrole nitrogens is 1. The molecule has 5 rings (SSSR count). The first-order chi connectivity index (χ1) is 12.2. The largest absolute Gasteiger partial charge is 0.360 e. The van der Waals surface area contributed by atoms with Crippen LogP contribution in [0, 0.1) is 13.8 Å². The first-order valence-corrected chi connectivity index (χ1v) is 8.62. The van der Waals surface area contributed by atoms with Crippen LogP contribution in [0.15, 0.2) is 36.5 Å². The third kappa shape index (κ3) is 2.14. The SMILES string of the molecule is Cc1cc(-c2nc3nnnn3nc2-c2c[nH]c3ccccc23)c(C)s1. The van der Waals surface area contributed by atoms with Gasteiger partial charge in [-0.3, -0.25) is 0 Å². The molecule has 0 aliphatic carbocycles. The number of benzene rings is 1. The van der Waals surface area contributed by atoms with E-state index in [-0.39, 0.29) is 0 Å². The van der Waals surface area contributed by atoms with E-state index in [0.717, 1.165) is 33.4 Å². The third-order valence-electron chi connectivity index (χ3n) is 4.21. The number of rotatable bonds is 2. The van der Waals surface area contributed by atoms with Crippen molar-refractivity contribution in [3.05, 3.63) is 46.3 Å². The number of thiophene rings is 1. The van der Waals surface area contributed by atoms with Gasteiger partial charge in [0, 0.05) is 38.0 Å². The Morgan fingerprint density at radius 1 is 1.08 bits per heavy atom. The minimum atomic E-state index is 0.391. The van der Waals surface area contributed by atoms with Crippen LogP contribution in [0.2, 0.25) is 0 Å². The van der Waals surface area contributed by atoms with Crippen molar-refractivity contribution in [2.45, 2.75) is 13.8 Å². The molecule has 0 radical (unpaired) electrons. The van der Waals surface area contributed by atoms with Gasteiger partial charge in [-0.25, -0.2) is 4.98 Å². The van der Waals surface area contributed by atoms with Crippen molar-refractivity contribution in [1.29, 1.82) is 0 Å². The van der Waals surface area contributed by atoms with Crippen LogP contribution in [-0.2, 0) is 0 Å². The lowest BCUT2D eigenvalue weighted by atomic mass is 10.0. The molecule has 8 heteroatoms. The summed E-state index contributed by atoms with van der Waals surface area (Å²) in [7, 11) is 0. The lowest BCUT2D eigenvalue weighted by Crippen LogP contribution is -2.02. The fourth-order valence-electron chi connectivity index (χ4n) is 3.11. The molecule has 7 nitrogen and oxygen atoms in total. The molecule has 0 unspecified atom stereocenters. The molecule has 25 heavy (non-hydrogen) atoms. The van der Waals surface area contributed by atoms with E-state index < -0.39 is 0 Å². The average molecular weight is 347 g/mol. The maximum absolute atomic E-state index is 4.70. The van der Waals surface area contributed by atoms with Crippen LogP contribution in [-0.4, -0.2) is 35.2 Å². The summed E-state index contributed by atoms with van der Waals surface area (Å²) >= 11 is 1.75. The number of hydrogen-bond donors (Lipinski definition) is 1. The van der Waals surface area contributed by atoms with Gasteiger partial charge >= 0.3 is 0 Å². The summed E-state index contributed by atoms with van der Waals surface area (Å²) in [5, 5.41) is 17.3. The van der Waals surface area contributed by atoms with Gasteiger partial charge in [0.1, 0.15) is 11.4 Å². The van der Waals surface area contributed by atoms with Gasteiger partial charge < -0.3 is 4.98 Å². The van der Waals surface area contributed by atoms with Crippen LogP contribution >= 0.6 is 11.3 Å². The Kier molecular flexibility index (Phi) is 2.95. The van der Waals surface area contributed by atoms with Crippen molar-refractivity contribution >= 4 is 28.0 Å². The van der Waals surface area contributed by atoms with Gasteiger partial charge in [0.05, 0.1) is 0 Å². The highest BCUT2D eigenvalue weighted by Gasteiger charge is 2.20. The number of nitrogens with one attached hydrogen (secondary N) is 1. The average Bonchev–Trinajstić information content (AvgIpc) is 3.31. The number of aryl methyl sites for hydroxylation is 2. The summed E-state index contributed by atoms with van der Waals surface area (Å²) in [6.07, 6.45) is 1.96. The van der Waals surface area contributed by atoms with Crippen molar-refractivity contribution in [2.75, 3.05) is 0 Å². The quantitative estimate of drug-likeness (QED) is 0.529. The minimum absolute atomic E-state index is 0.391. The molecule has 5 aromatic rings. The van der Waals surface area contributed by atoms with Crippen LogP contribution in [0.25, 0.3) is 39.2 Å². The lowest BCUT2D eigenvalue weighted by molar-refractivity contribution is 0.730. The van der Waals surface area contributed by atoms with Gasteiger partial charge in [0.25, 0.3) is 5.78 Å². The Morgan fingerprint density at radius 3 is 2.80 bits per heavy atom. The zero-order valence-electron chi connectivity index (χ0n) is 13.6. The molecule has 0 amide bonds. The predicted molar refractivity (Wildman–Crippen MR) is 96.5 cm³/mol. The van der Waals surface area contributed by atoms with Crippen molar-refractivity contribution in [2.24, 2.45) is 0 Å². The summed E-state index contributed by atoms with van der Waals surface area (Å²) in [4.78, 5) is 10.4.